The molecule has 0 saturated heterocycles. The van der Waals surface area contributed by atoms with Crippen LogP contribution in [0.4, 0.5) is 34.1 Å². The van der Waals surface area contributed by atoms with E-state index in [-0.39, 0.29) is 0 Å². The molecule has 0 aromatic heterocycles. The van der Waals surface area contributed by atoms with Gasteiger partial charge in [-0.3, -0.25) is 0 Å². The largest absolute Gasteiger partial charge is 0.310 e. The lowest BCUT2D eigenvalue weighted by Crippen LogP contribution is -2.10. The van der Waals surface area contributed by atoms with Gasteiger partial charge in [0.1, 0.15) is 0 Å². The van der Waals surface area contributed by atoms with Crippen molar-refractivity contribution >= 4 is 98.8 Å². The summed E-state index contributed by atoms with van der Waals surface area (Å²) in [6.07, 6.45) is 0. The van der Waals surface area contributed by atoms with Crippen LogP contribution in [0.3, 0.4) is 0 Å². The third-order valence-electron chi connectivity index (χ3n) is 18.6. The van der Waals surface area contributed by atoms with Crippen LogP contribution in [0.1, 0.15) is 0 Å². The van der Waals surface area contributed by atoms with Gasteiger partial charge in [-0.25, -0.2) is 0 Å². The Balaban J connectivity index is 0.975. The van der Waals surface area contributed by atoms with Crippen molar-refractivity contribution in [2.75, 3.05) is 9.80 Å². The first kappa shape index (κ1) is 54.1. The van der Waals surface area contributed by atoms with Crippen molar-refractivity contribution in [1.29, 1.82) is 0 Å². The Bertz CT molecular complexity index is 5050. The van der Waals surface area contributed by atoms with E-state index >= 15 is 0 Å². The van der Waals surface area contributed by atoms with Crippen LogP contribution in [0.25, 0.3) is 131 Å². The number of hydrogen-bond acceptors (Lipinski definition) is 2. The molecule has 2 heteroatoms. The Hall–Kier alpha value is -12.1. The maximum absolute atomic E-state index is 2.49. The van der Waals surface area contributed by atoms with Crippen LogP contribution in [0, 0.1) is 0 Å². The van der Waals surface area contributed by atoms with Gasteiger partial charge in [-0.05, 0) is 216 Å². The normalized spacial score (nSPS) is 11.5. The number of hydrogen-bond donors (Lipinski definition) is 0. The summed E-state index contributed by atoms with van der Waals surface area (Å²) in [6, 6.07) is 134. The molecule has 17 rings (SSSR count). The van der Waals surface area contributed by atoms with E-state index in [2.05, 4.69) is 374 Å². The van der Waals surface area contributed by atoms with Crippen molar-refractivity contribution in [2.24, 2.45) is 0 Å². The molecule has 17 aromatic rings. The van der Waals surface area contributed by atoms with Crippen LogP contribution in [-0.4, -0.2) is 0 Å². The Kier molecular flexibility index (Phi) is 13.6. The summed E-state index contributed by atoms with van der Waals surface area (Å²) in [6.45, 7) is 0. The van der Waals surface area contributed by atoms with Gasteiger partial charge in [0.15, 0.2) is 0 Å². The number of rotatable bonds is 12. The van der Waals surface area contributed by atoms with Gasteiger partial charge in [-0.2, -0.15) is 0 Å². The Morgan fingerprint density at radius 3 is 0.685 bits per heavy atom. The lowest BCUT2D eigenvalue weighted by atomic mass is 9.82. The summed E-state index contributed by atoms with van der Waals surface area (Å²) in [5, 5.41) is 14.4. The molecule has 0 amide bonds. The first-order chi connectivity index (χ1) is 45.6. The molecule has 92 heavy (non-hydrogen) atoms. The minimum Gasteiger partial charge on any atom is -0.310 e. The molecule has 0 N–H and O–H groups in total. The van der Waals surface area contributed by atoms with Crippen LogP contribution in [0.5, 0.6) is 0 Å². The highest BCUT2D eigenvalue weighted by molar-refractivity contribution is 6.29. The molecule has 0 atom stereocenters. The van der Waals surface area contributed by atoms with Crippen molar-refractivity contribution in [3.63, 3.8) is 0 Å². The standard InChI is InChI=1S/C90H60N2/c1-5-21-61(22-6-1)65-37-45-71(46-38-65)91(72-47-39-66(40-48-72)62-23-7-2-8-24-62)75-53-55-83-87(59-75)89(85-57-69-29-13-15-31-77(69)79-33-17-19-35-81(79)85)84-56-54-76(60-88(84)90(83)86-58-70-30-14-16-32-78(70)80-34-18-20-36-82(80)86)92(73-49-41-67(42-50-73)63-25-9-3-10-26-63)74-51-43-68(44-52-74)64-27-11-4-12-28-64/h1-60H. The van der Waals surface area contributed by atoms with E-state index in [9.17, 15) is 0 Å². The third-order valence-corrected chi connectivity index (χ3v) is 18.6. The van der Waals surface area contributed by atoms with E-state index < -0.39 is 0 Å². The number of nitrogens with zero attached hydrogens (tertiary/aromatic N) is 2. The molecule has 0 aliphatic carbocycles. The van der Waals surface area contributed by atoms with Gasteiger partial charge < -0.3 is 9.80 Å². The van der Waals surface area contributed by atoms with Crippen LogP contribution < -0.4 is 9.80 Å². The molecule has 0 saturated carbocycles. The molecule has 17 aromatic carbocycles. The number of fused-ring (bicyclic) bond motifs is 8. The van der Waals surface area contributed by atoms with Gasteiger partial charge in [-0.1, -0.05) is 279 Å². The van der Waals surface area contributed by atoms with Crippen molar-refractivity contribution < 1.29 is 0 Å². The average molecular weight is 1170 g/mol. The zero-order chi connectivity index (χ0) is 60.9. The molecular weight excluding hydrogens is 1110 g/mol. The fourth-order valence-electron chi connectivity index (χ4n) is 14.2. The first-order valence-corrected chi connectivity index (χ1v) is 31.7. The second-order valence-electron chi connectivity index (χ2n) is 23.9. The van der Waals surface area contributed by atoms with Crippen molar-refractivity contribution in [1.82, 2.24) is 0 Å². The lowest BCUT2D eigenvalue weighted by Gasteiger charge is -2.29. The molecule has 0 spiro atoms. The molecule has 0 heterocycles. The summed E-state index contributed by atoms with van der Waals surface area (Å²) >= 11 is 0. The summed E-state index contributed by atoms with van der Waals surface area (Å²) in [4.78, 5) is 4.88. The highest BCUT2D eigenvalue weighted by Crippen LogP contribution is 2.52. The van der Waals surface area contributed by atoms with E-state index in [1.807, 2.05) is 0 Å². The van der Waals surface area contributed by atoms with Crippen LogP contribution >= 0.6 is 0 Å². The van der Waals surface area contributed by atoms with Crippen molar-refractivity contribution in [3.8, 4) is 66.8 Å². The van der Waals surface area contributed by atoms with Crippen LogP contribution in [0.2, 0.25) is 0 Å². The fraction of sp³-hybridized carbons (Fsp3) is 0. The lowest BCUT2D eigenvalue weighted by molar-refractivity contribution is 1.29. The smallest absolute Gasteiger partial charge is 0.0468 e. The average Bonchev–Trinajstić information content (AvgIpc) is 0.713. The van der Waals surface area contributed by atoms with E-state index in [0.717, 1.165) is 55.7 Å². The van der Waals surface area contributed by atoms with Crippen LogP contribution in [-0.2, 0) is 0 Å². The Morgan fingerprint density at radius 2 is 0.380 bits per heavy atom. The zero-order valence-corrected chi connectivity index (χ0v) is 50.5. The predicted molar refractivity (Wildman–Crippen MR) is 393 cm³/mol. The molecular formula is C90H60N2. The van der Waals surface area contributed by atoms with E-state index in [4.69, 9.17) is 0 Å². The number of benzene rings is 17. The minimum absolute atomic E-state index is 1.05. The number of anilines is 6. The molecule has 430 valence electrons. The van der Waals surface area contributed by atoms with E-state index in [1.54, 1.807) is 0 Å². The monoisotopic (exact) mass is 1170 g/mol. The Morgan fingerprint density at radius 1 is 0.141 bits per heavy atom. The third kappa shape index (κ3) is 9.70. The molecule has 0 fully saturated rings. The Labute approximate surface area is 536 Å². The minimum atomic E-state index is 1.05. The molecule has 0 radical (unpaired) electrons. The van der Waals surface area contributed by atoms with E-state index in [1.165, 1.54) is 110 Å². The van der Waals surface area contributed by atoms with Gasteiger partial charge in [0, 0.05) is 34.1 Å². The quantitative estimate of drug-likeness (QED) is 0.0889. The molecule has 0 aliphatic heterocycles. The first-order valence-electron chi connectivity index (χ1n) is 31.7. The van der Waals surface area contributed by atoms with Gasteiger partial charge in [0.05, 0.1) is 0 Å². The summed E-state index contributed by atoms with van der Waals surface area (Å²) in [5.41, 5.74) is 20.5. The fourth-order valence-corrected chi connectivity index (χ4v) is 14.2. The molecule has 0 bridgehead atoms. The van der Waals surface area contributed by atoms with Gasteiger partial charge in [0.2, 0.25) is 0 Å². The molecule has 0 unspecified atom stereocenters. The molecule has 0 aliphatic rings. The van der Waals surface area contributed by atoms with Gasteiger partial charge in [0.25, 0.3) is 0 Å². The highest BCUT2D eigenvalue weighted by Gasteiger charge is 2.25. The van der Waals surface area contributed by atoms with E-state index in [0.29, 0.717) is 0 Å². The topological polar surface area (TPSA) is 6.48 Å². The summed E-state index contributed by atoms with van der Waals surface area (Å²) in [7, 11) is 0. The highest BCUT2D eigenvalue weighted by atomic mass is 15.1. The zero-order valence-electron chi connectivity index (χ0n) is 50.5. The second kappa shape index (κ2) is 23.1. The van der Waals surface area contributed by atoms with Crippen molar-refractivity contribution in [3.05, 3.63) is 364 Å². The summed E-state index contributed by atoms with van der Waals surface area (Å²) in [5.74, 6) is 0. The van der Waals surface area contributed by atoms with Crippen molar-refractivity contribution in [2.45, 2.75) is 0 Å². The van der Waals surface area contributed by atoms with Gasteiger partial charge in [-0.15, -0.1) is 0 Å². The van der Waals surface area contributed by atoms with Gasteiger partial charge >= 0.3 is 0 Å². The molecule has 2 nitrogen and oxygen atoms in total. The maximum Gasteiger partial charge on any atom is 0.0468 e. The maximum atomic E-state index is 2.49. The predicted octanol–water partition coefficient (Wildman–Crippen LogP) is 25.5. The second-order valence-corrected chi connectivity index (χ2v) is 23.9. The van der Waals surface area contributed by atoms with Crippen LogP contribution in [0.15, 0.2) is 364 Å². The summed E-state index contributed by atoms with van der Waals surface area (Å²) < 4.78 is 0. The SMILES string of the molecule is c1ccc(-c2ccc(N(c3ccc(-c4ccccc4)cc3)c3ccc4c(-c5cc6ccccc6c6ccccc56)c5cc(N(c6ccc(-c7ccccc7)cc6)c6ccc(-c7ccccc7)cc6)ccc5c(-c5cc6ccccc6c6ccccc56)c4c3)cc2)cc1.